The third-order valence-electron chi connectivity index (χ3n) is 2.74. The Balaban J connectivity index is 2.17. The highest BCUT2D eigenvalue weighted by Gasteiger charge is 2.37. The van der Waals surface area contributed by atoms with E-state index < -0.39 is 6.03 Å². The number of imide groups is 1. The van der Waals surface area contributed by atoms with Gasteiger partial charge in [0.25, 0.3) is 0 Å². The molecule has 3 N–H and O–H groups in total. The minimum Gasteiger partial charge on any atom is -0.351 e. The van der Waals surface area contributed by atoms with Crippen molar-refractivity contribution >= 4 is 11.9 Å². The van der Waals surface area contributed by atoms with Gasteiger partial charge < -0.3 is 11.1 Å². The molecule has 2 heterocycles. The summed E-state index contributed by atoms with van der Waals surface area (Å²) in [6, 6.07) is -0.645. The molecule has 0 aromatic rings. The smallest absolute Gasteiger partial charge is 0.322 e. The van der Waals surface area contributed by atoms with Crippen LogP contribution in [0.25, 0.3) is 0 Å². The summed E-state index contributed by atoms with van der Waals surface area (Å²) < 4.78 is 0. The van der Waals surface area contributed by atoms with E-state index in [4.69, 9.17) is 5.73 Å². The number of carbonyl (C=O) groups is 2. The molecular formula is C8H14N4O2. The van der Waals surface area contributed by atoms with E-state index >= 15 is 0 Å². The van der Waals surface area contributed by atoms with Gasteiger partial charge >= 0.3 is 6.03 Å². The quantitative estimate of drug-likeness (QED) is 0.498. The molecule has 3 amide bonds. The van der Waals surface area contributed by atoms with Crippen LogP contribution in [0.4, 0.5) is 4.79 Å². The molecule has 2 saturated heterocycles. The van der Waals surface area contributed by atoms with Crippen LogP contribution < -0.4 is 11.1 Å². The molecule has 6 nitrogen and oxygen atoms in total. The van der Waals surface area contributed by atoms with Crippen molar-refractivity contribution in [3.63, 3.8) is 0 Å². The number of piperazine rings is 1. The van der Waals surface area contributed by atoms with E-state index in [1.54, 1.807) is 0 Å². The van der Waals surface area contributed by atoms with Gasteiger partial charge in [0, 0.05) is 32.6 Å². The van der Waals surface area contributed by atoms with Gasteiger partial charge in [-0.15, -0.1) is 0 Å². The predicted molar refractivity (Wildman–Crippen MR) is 49.3 cm³/mol. The van der Waals surface area contributed by atoms with Crippen molar-refractivity contribution in [2.45, 2.75) is 12.6 Å². The molecule has 0 radical (unpaired) electrons. The fourth-order valence-electron chi connectivity index (χ4n) is 2.04. The molecule has 6 heteroatoms. The highest BCUT2D eigenvalue weighted by Crippen LogP contribution is 2.16. The number of primary amides is 1. The maximum Gasteiger partial charge on any atom is 0.322 e. The number of amides is 3. The molecule has 1 unspecified atom stereocenters. The average molecular weight is 198 g/mol. The summed E-state index contributed by atoms with van der Waals surface area (Å²) in [5.41, 5.74) is 5.18. The summed E-state index contributed by atoms with van der Waals surface area (Å²) in [5, 5.41) is 3.15. The lowest BCUT2D eigenvalue weighted by Crippen LogP contribution is -2.66. The minimum atomic E-state index is -0.645. The second-order valence-corrected chi connectivity index (χ2v) is 3.57. The summed E-state index contributed by atoms with van der Waals surface area (Å²) >= 11 is 0. The Morgan fingerprint density at radius 1 is 1.50 bits per heavy atom. The highest BCUT2D eigenvalue weighted by molar-refractivity contribution is 5.94. The first kappa shape index (κ1) is 9.42. The van der Waals surface area contributed by atoms with Gasteiger partial charge in [0.15, 0.2) is 0 Å². The molecule has 2 aliphatic heterocycles. The topological polar surface area (TPSA) is 78.7 Å². The zero-order valence-electron chi connectivity index (χ0n) is 7.90. The van der Waals surface area contributed by atoms with Crippen molar-refractivity contribution in [1.82, 2.24) is 15.1 Å². The Labute approximate surface area is 82.0 Å². The third-order valence-corrected chi connectivity index (χ3v) is 2.74. The minimum absolute atomic E-state index is 0.164. The van der Waals surface area contributed by atoms with Gasteiger partial charge in [0.05, 0.1) is 0 Å². The van der Waals surface area contributed by atoms with Crippen molar-refractivity contribution in [3.05, 3.63) is 0 Å². The normalized spacial score (nSPS) is 28.7. The molecule has 1 atom stereocenters. The van der Waals surface area contributed by atoms with E-state index in [9.17, 15) is 9.59 Å². The average Bonchev–Trinajstić information content (AvgIpc) is 2.17. The zero-order chi connectivity index (χ0) is 10.1. The number of carbonyl (C=O) groups excluding carboxylic acids is 2. The zero-order valence-corrected chi connectivity index (χ0v) is 7.90. The Morgan fingerprint density at radius 2 is 2.29 bits per heavy atom. The highest BCUT2D eigenvalue weighted by atomic mass is 16.2. The van der Waals surface area contributed by atoms with E-state index in [-0.39, 0.29) is 12.1 Å². The second kappa shape index (κ2) is 3.55. The lowest BCUT2D eigenvalue weighted by Gasteiger charge is -2.44. The van der Waals surface area contributed by atoms with Crippen molar-refractivity contribution in [1.29, 1.82) is 0 Å². The van der Waals surface area contributed by atoms with Crippen LogP contribution in [0.5, 0.6) is 0 Å². The summed E-state index contributed by atoms with van der Waals surface area (Å²) in [7, 11) is 0. The maximum absolute atomic E-state index is 11.5. The molecule has 0 bridgehead atoms. The van der Waals surface area contributed by atoms with Gasteiger partial charge in [-0.1, -0.05) is 0 Å². The molecule has 2 rings (SSSR count). The number of nitrogens with one attached hydrogen (secondary N) is 1. The molecule has 0 aromatic heterocycles. The molecule has 78 valence electrons. The summed E-state index contributed by atoms with van der Waals surface area (Å²) in [5.74, 6) is -0.164. The first-order chi connectivity index (χ1) is 6.70. The number of rotatable bonds is 0. The van der Waals surface area contributed by atoms with Crippen molar-refractivity contribution < 1.29 is 9.59 Å². The molecule has 0 aromatic carbocycles. The Hall–Kier alpha value is -1.14. The molecular weight excluding hydrogens is 184 g/mol. The molecule has 2 fully saturated rings. The molecule has 14 heavy (non-hydrogen) atoms. The van der Waals surface area contributed by atoms with Crippen LogP contribution in [0.1, 0.15) is 6.42 Å². The lowest BCUT2D eigenvalue weighted by atomic mass is 10.1. The molecule has 0 saturated carbocycles. The van der Waals surface area contributed by atoms with E-state index in [0.29, 0.717) is 13.0 Å². The van der Waals surface area contributed by atoms with Gasteiger partial charge in [-0.3, -0.25) is 9.69 Å². The number of nitrogens with zero attached hydrogens (tertiary/aromatic N) is 2. The fraction of sp³-hybridized carbons (Fsp3) is 0.750. The van der Waals surface area contributed by atoms with Gasteiger partial charge in [-0.25, -0.2) is 9.69 Å². The largest absolute Gasteiger partial charge is 0.351 e. The van der Waals surface area contributed by atoms with Crippen LogP contribution in [-0.2, 0) is 4.79 Å². The second-order valence-electron chi connectivity index (χ2n) is 3.57. The number of hydrogen-bond acceptors (Lipinski definition) is 4. The maximum atomic E-state index is 11.5. The third kappa shape index (κ3) is 1.46. The molecule has 2 aliphatic rings. The molecule has 0 aliphatic carbocycles. The number of urea groups is 1. The Morgan fingerprint density at radius 3 is 3.00 bits per heavy atom. The monoisotopic (exact) mass is 198 g/mol. The van der Waals surface area contributed by atoms with E-state index in [1.165, 1.54) is 0 Å². The van der Waals surface area contributed by atoms with E-state index in [0.717, 1.165) is 24.5 Å². The number of nitrogens with two attached hydrogens (primary N) is 1. The standard InChI is InChI=1S/C8H14N4O2/c9-8(14)12-6-5-10-2-4-11(6)3-1-7(12)13/h6,10H,1-5H2,(H2,9,14). The van der Waals surface area contributed by atoms with Crippen LogP contribution in [0.2, 0.25) is 0 Å². The first-order valence-corrected chi connectivity index (χ1v) is 4.76. The van der Waals surface area contributed by atoms with Crippen LogP contribution in [0.3, 0.4) is 0 Å². The molecule has 0 spiro atoms. The van der Waals surface area contributed by atoms with Crippen molar-refractivity contribution in [2.75, 3.05) is 26.2 Å². The van der Waals surface area contributed by atoms with Gasteiger partial charge in [-0.05, 0) is 0 Å². The van der Waals surface area contributed by atoms with Gasteiger partial charge in [0.1, 0.15) is 6.17 Å². The SMILES string of the molecule is NC(=O)N1C(=O)CCN2CCNCC21. The predicted octanol–water partition coefficient (Wildman–Crippen LogP) is -1.47. The van der Waals surface area contributed by atoms with Crippen LogP contribution in [0, 0.1) is 0 Å². The van der Waals surface area contributed by atoms with Crippen LogP contribution >= 0.6 is 0 Å². The summed E-state index contributed by atoms with van der Waals surface area (Å²) in [6.07, 6.45) is 0.210. The lowest BCUT2D eigenvalue weighted by molar-refractivity contribution is -0.139. The Kier molecular flexibility index (Phi) is 2.39. The fourth-order valence-corrected chi connectivity index (χ4v) is 2.04. The van der Waals surface area contributed by atoms with Crippen LogP contribution in [0.15, 0.2) is 0 Å². The summed E-state index contributed by atoms with van der Waals surface area (Å²) in [4.78, 5) is 25.8. The summed E-state index contributed by atoms with van der Waals surface area (Å²) in [6.45, 7) is 3.11. The first-order valence-electron chi connectivity index (χ1n) is 4.76. The number of fused-ring (bicyclic) bond motifs is 1. The van der Waals surface area contributed by atoms with E-state index in [1.807, 2.05) is 0 Å². The van der Waals surface area contributed by atoms with Crippen molar-refractivity contribution in [2.24, 2.45) is 5.73 Å². The van der Waals surface area contributed by atoms with Gasteiger partial charge in [-0.2, -0.15) is 0 Å². The van der Waals surface area contributed by atoms with Crippen LogP contribution in [-0.4, -0.2) is 54.1 Å². The Bertz CT molecular complexity index is 268. The van der Waals surface area contributed by atoms with Gasteiger partial charge in [0.2, 0.25) is 5.91 Å². The number of hydrogen-bond donors (Lipinski definition) is 2. The van der Waals surface area contributed by atoms with Crippen molar-refractivity contribution in [3.8, 4) is 0 Å². The van der Waals surface area contributed by atoms with E-state index in [2.05, 4.69) is 10.2 Å².